The molecule has 1 saturated carbocycles. The zero-order valence-electron chi connectivity index (χ0n) is 8.97. The molecular formula is C11H22N2. The van der Waals surface area contributed by atoms with Crippen molar-refractivity contribution in [2.75, 3.05) is 6.54 Å². The Morgan fingerprint density at radius 2 is 1.85 bits per heavy atom. The average Bonchev–Trinajstić information content (AvgIpc) is 2.20. The molecule has 0 aliphatic heterocycles. The highest BCUT2D eigenvalue weighted by atomic mass is 15.2. The van der Waals surface area contributed by atoms with Crippen LogP contribution in [-0.2, 0) is 0 Å². The molecule has 1 fully saturated rings. The maximum Gasteiger partial charge on any atom is 0.0957 e. The molecule has 0 saturated heterocycles. The minimum atomic E-state index is 0.672. The summed E-state index contributed by atoms with van der Waals surface area (Å²) in [6, 6.07) is 0.672. The van der Waals surface area contributed by atoms with Crippen molar-refractivity contribution in [2.24, 2.45) is 0 Å². The Labute approximate surface area is 81.8 Å². The Morgan fingerprint density at radius 1 is 1.23 bits per heavy atom. The van der Waals surface area contributed by atoms with Crippen molar-refractivity contribution in [3.05, 3.63) is 0 Å². The van der Waals surface area contributed by atoms with Gasteiger partial charge in [-0.2, -0.15) is 0 Å². The van der Waals surface area contributed by atoms with E-state index in [9.17, 15) is 0 Å². The van der Waals surface area contributed by atoms with Crippen LogP contribution in [0.25, 0.3) is 0 Å². The quantitative estimate of drug-likeness (QED) is 0.527. The van der Waals surface area contributed by atoms with Gasteiger partial charge in [-0.3, -0.25) is 5.41 Å². The first kappa shape index (κ1) is 10.6. The molecule has 1 rings (SSSR count). The van der Waals surface area contributed by atoms with E-state index in [-0.39, 0.29) is 0 Å². The summed E-state index contributed by atoms with van der Waals surface area (Å²) in [6.07, 6.45) is 7.60. The molecule has 0 radical (unpaired) electrons. The topological polar surface area (TPSA) is 27.1 Å². The smallest absolute Gasteiger partial charge is 0.0957 e. The number of hydrogen-bond acceptors (Lipinski definition) is 1. The first-order valence-corrected chi connectivity index (χ1v) is 5.63. The van der Waals surface area contributed by atoms with Gasteiger partial charge < -0.3 is 4.90 Å². The van der Waals surface area contributed by atoms with E-state index in [1.807, 2.05) is 0 Å². The Balaban J connectivity index is 2.48. The predicted molar refractivity (Wildman–Crippen MR) is 57.3 cm³/mol. The van der Waals surface area contributed by atoms with Gasteiger partial charge in [0.05, 0.1) is 5.84 Å². The molecule has 1 N–H and O–H groups in total. The third-order valence-corrected chi connectivity index (χ3v) is 3.04. The largest absolute Gasteiger partial charge is 0.358 e. The van der Waals surface area contributed by atoms with Crippen molar-refractivity contribution in [2.45, 2.75) is 58.4 Å². The van der Waals surface area contributed by atoms with Gasteiger partial charge in [-0.1, -0.05) is 26.2 Å². The van der Waals surface area contributed by atoms with Gasteiger partial charge in [0.2, 0.25) is 0 Å². The number of amidine groups is 1. The van der Waals surface area contributed by atoms with E-state index in [2.05, 4.69) is 18.7 Å². The van der Waals surface area contributed by atoms with Gasteiger partial charge in [0.15, 0.2) is 0 Å². The maximum atomic E-state index is 7.86. The summed E-state index contributed by atoms with van der Waals surface area (Å²) in [4.78, 5) is 2.29. The van der Waals surface area contributed by atoms with Crippen LogP contribution in [0.3, 0.4) is 0 Å². The number of hydrogen-bond donors (Lipinski definition) is 1. The molecule has 1 aliphatic rings. The number of nitrogens with one attached hydrogen (secondary N) is 1. The van der Waals surface area contributed by atoms with Crippen LogP contribution in [0.4, 0.5) is 0 Å². The summed E-state index contributed by atoms with van der Waals surface area (Å²) >= 11 is 0. The van der Waals surface area contributed by atoms with Crippen molar-refractivity contribution >= 4 is 5.84 Å². The van der Waals surface area contributed by atoms with E-state index in [0.29, 0.717) is 6.04 Å². The summed E-state index contributed by atoms with van der Waals surface area (Å²) in [6.45, 7) is 5.25. The van der Waals surface area contributed by atoms with E-state index < -0.39 is 0 Å². The minimum Gasteiger partial charge on any atom is -0.358 e. The molecule has 0 unspecified atom stereocenters. The molecule has 0 amide bonds. The fourth-order valence-electron chi connectivity index (χ4n) is 2.27. The molecular weight excluding hydrogens is 160 g/mol. The third-order valence-electron chi connectivity index (χ3n) is 3.04. The molecule has 2 heteroatoms. The normalized spacial score (nSPS) is 18.6. The van der Waals surface area contributed by atoms with Crippen LogP contribution in [0.2, 0.25) is 0 Å². The lowest BCUT2D eigenvalue weighted by atomic mass is 9.94. The van der Waals surface area contributed by atoms with Gasteiger partial charge in [0.25, 0.3) is 0 Å². The second-order valence-corrected chi connectivity index (χ2v) is 3.88. The van der Waals surface area contributed by atoms with Gasteiger partial charge in [-0.25, -0.2) is 0 Å². The Kier molecular flexibility index (Phi) is 4.26. The lowest BCUT2D eigenvalue weighted by molar-refractivity contribution is 0.247. The highest BCUT2D eigenvalue weighted by Crippen LogP contribution is 2.22. The number of nitrogens with zero attached hydrogens (tertiary/aromatic N) is 1. The lowest BCUT2D eigenvalue weighted by Crippen LogP contribution is -2.40. The summed E-state index contributed by atoms with van der Waals surface area (Å²) in [5, 5.41) is 7.86. The van der Waals surface area contributed by atoms with Gasteiger partial charge in [0.1, 0.15) is 0 Å². The van der Waals surface area contributed by atoms with Crippen LogP contribution in [0, 0.1) is 5.41 Å². The average molecular weight is 182 g/mol. The van der Waals surface area contributed by atoms with E-state index in [1.165, 1.54) is 32.1 Å². The van der Waals surface area contributed by atoms with Crippen LogP contribution >= 0.6 is 0 Å². The molecule has 0 aromatic carbocycles. The molecule has 0 bridgehead atoms. The lowest BCUT2D eigenvalue weighted by Gasteiger charge is -2.35. The van der Waals surface area contributed by atoms with Crippen molar-refractivity contribution in [1.29, 1.82) is 5.41 Å². The van der Waals surface area contributed by atoms with Crippen molar-refractivity contribution in [3.8, 4) is 0 Å². The summed E-state index contributed by atoms with van der Waals surface area (Å²) in [5.41, 5.74) is 0. The Hall–Kier alpha value is -0.530. The molecule has 0 spiro atoms. The fraction of sp³-hybridized carbons (Fsp3) is 0.909. The van der Waals surface area contributed by atoms with Gasteiger partial charge >= 0.3 is 0 Å². The van der Waals surface area contributed by atoms with Crippen LogP contribution in [-0.4, -0.2) is 23.3 Å². The minimum absolute atomic E-state index is 0.672. The van der Waals surface area contributed by atoms with E-state index in [4.69, 9.17) is 5.41 Å². The monoisotopic (exact) mass is 182 g/mol. The highest BCUT2D eigenvalue weighted by molar-refractivity contribution is 5.79. The third kappa shape index (κ3) is 2.71. The summed E-state index contributed by atoms with van der Waals surface area (Å²) < 4.78 is 0. The standard InChI is InChI=1S/C11H22N2/c1-3-11(12)13(4-2)10-8-6-5-7-9-10/h10,12H,3-9H2,1-2H3. The van der Waals surface area contributed by atoms with Crippen molar-refractivity contribution in [3.63, 3.8) is 0 Å². The Bertz CT molecular complexity index is 159. The first-order valence-electron chi connectivity index (χ1n) is 5.63. The van der Waals surface area contributed by atoms with Crippen molar-refractivity contribution in [1.82, 2.24) is 4.90 Å². The summed E-state index contributed by atoms with van der Waals surface area (Å²) in [7, 11) is 0. The first-order chi connectivity index (χ1) is 6.29. The SMILES string of the molecule is CCC(=N)N(CC)C1CCCCC1. The van der Waals surface area contributed by atoms with E-state index in [0.717, 1.165) is 18.8 Å². The van der Waals surface area contributed by atoms with Crippen LogP contribution in [0.15, 0.2) is 0 Å². The van der Waals surface area contributed by atoms with Crippen LogP contribution in [0.1, 0.15) is 52.4 Å². The second kappa shape index (κ2) is 5.25. The molecule has 2 nitrogen and oxygen atoms in total. The molecule has 13 heavy (non-hydrogen) atoms. The summed E-state index contributed by atoms with van der Waals surface area (Å²) in [5.74, 6) is 0.828. The predicted octanol–water partition coefficient (Wildman–Crippen LogP) is 3.03. The molecule has 76 valence electrons. The van der Waals surface area contributed by atoms with Crippen LogP contribution < -0.4 is 0 Å². The van der Waals surface area contributed by atoms with Gasteiger partial charge in [-0.05, 0) is 19.8 Å². The zero-order valence-corrected chi connectivity index (χ0v) is 8.97. The van der Waals surface area contributed by atoms with Gasteiger partial charge in [0, 0.05) is 19.0 Å². The van der Waals surface area contributed by atoms with Gasteiger partial charge in [-0.15, -0.1) is 0 Å². The van der Waals surface area contributed by atoms with E-state index >= 15 is 0 Å². The van der Waals surface area contributed by atoms with E-state index in [1.54, 1.807) is 0 Å². The Morgan fingerprint density at radius 3 is 2.31 bits per heavy atom. The molecule has 0 atom stereocenters. The second-order valence-electron chi connectivity index (χ2n) is 3.88. The zero-order chi connectivity index (χ0) is 9.68. The fourth-order valence-corrected chi connectivity index (χ4v) is 2.27. The maximum absolute atomic E-state index is 7.86. The molecule has 1 aliphatic carbocycles. The van der Waals surface area contributed by atoms with Crippen LogP contribution in [0.5, 0.6) is 0 Å². The highest BCUT2D eigenvalue weighted by Gasteiger charge is 2.20. The number of rotatable bonds is 3. The van der Waals surface area contributed by atoms with Crippen molar-refractivity contribution < 1.29 is 0 Å². The molecule has 0 aromatic heterocycles. The molecule has 0 heterocycles. The molecule has 0 aromatic rings.